The van der Waals surface area contributed by atoms with Crippen LogP contribution in [0.2, 0.25) is 5.02 Å². The van der Waals surface area contributed by atoms with Gasteiger partial charge in [-0.1, -0.05) is 29.8 Å². The fourth-order valence-corrected chi connectivity index (χ4v) is 2.70. The first-order valence-corrected chi connectivity index (χ1v) is 7.95. The van der Waals surface area contributed by atoms with E-state index in [0.717, 1.165) is 5.56 Å². The molecule has 2 aromatic carbocycles. The molecule has 0 spiro atoms. The number of hydrogen-bond donors (Lipinski definition) is 1. The van der Waals surface area contributed by atoms with Gasteiger partial charge in [0.1, 0.15) is 5.52 Å². The molecule has 4 rings (SSSR count). The Bertz CT molecular complexity index is 1040. The summed E-state index contributed by atoms with van der Waals surface area (Å²) in [6.07, 6.45) is 3.29. The van der Waals surface area contributed by atoms with Crippen LogP contribution in [0.5, 0.6) is 0 Å². The van der Waals surface area contributed by atoms with E-state index in [-0.39, 0.29) is 5.91 Å². The number of carbonyl (C=O) groups is 1. The average molecular weight is 350 g/mol. The number of rotatable bonds is 3. The summed E-state index contributed by atoms with van der Waals surface area (Å²) < 4.78 is 5.73. The van der Waals surface area contributed by atoms with Crippen LogP contribution in [-0.2, 0) is 0 Å². The molecule has 122 valence electrons. The van der Waals surface area contributed by atoms with E-state index in [4.69, 9.17) is 16.0 Å². The van der Waals surface area contributed by atoms with Gasteiger partial charge in [0.2, 0.25) is 5.89 Å². The minimum atomic E-state index is -0.274. The zero-order chi connectivity index (χ0) is 17.2. The fraction of sp³-hybridized carbons (Fsp3) is 0. The average Bonchev–Trinajstić information content (AvgIpc) is 3.06. The number of fused-ring (bicyclic) bond motifs is 1. The third kappa shape index (κ3) is 3.09. The van der Waals surface area contributed by atoms with E-state index >= 15 is 0 Å². The first-order valence-electron chi connectivity index (χ1n) is 7.57. The van der Waals surface area contributed by atoms with Crippen molar-refractivity contribution < 1.29 is 9.21 Å². The molecule has 0 radical (unpaired) electrons. The van der Waals surface area contributed by atoms with Gasteiger partial charge in [-0.2, -0.15) is 0 Å². The smallest absolute Gasteiger partial charge is 0.257 e. The van der Waals surface area contributed by atoms with Gasteiger partial charge in [0, 0.05) is 23.5 Å². The minimum absolute atomic E-state index is 0.274. The van der Waals surface area contributed by atoms with Crippen LogP contribution in [-0.4, -0.2) is 15.9 Å². The van der Waals surface area contributed by atoms with Crippen LogP contribution in [0.15, 0.2) is 71.4 Å². The van der Waals surface area contributed by atoms with Crippen molar-refractivity contribution in [1.29, 1.82) is 0 Å². The number of amides is 1. The highest BCUT2D eigenvalue weighted by Gasteiger charge is 2.12. The predicted molar refractivity (Wildman–Crippen MR) is 96.6 cm³/mol. The molecule has 25 heavy (non-hydrogen) atoms. The van der Waals surface area contributed by atoms with Gasteiger partial charge in [0.25, 0.3) is 5.91 Å². The quantitative estimate of drug-likeness (QED) is 0.577. The maximum absolute atomic E-state index is 12.4. The van der Waals surface area contributed by atoms with Crippen molar-refractivity contribution >= 4 is 34.3 Å². The SMILES string of the molecule is O=C(Nc1cccc(-c2nc3cnccc3o2)c1)c1ccccc1Cl. The summed E-state index contributed by atoms with van der Waals surface area (Å²) in [6.45, 7) is 0. The Morgan fingerprint density at radius 3 is 2.80 bits per heavy atom. The number of anilines is 1. The lowest BCUT2D eigenvalue weighted by Crippen LogP contribution is -2.12. The second kappa shape index (κ2) is 6.37. The molecule has 0 aliphatic heterocycles. The van der Waals surface area contributed by atoms with Crippen molar-refractivity contribution in [2.45, 2.75) is 0 Å². The Kier molecular flexibility index (Phi) is 3.91. The van der Waals surface area contributed by atoms with Crippen molar-refractivity contribution in [3.05, 3.63) is 77.6 Å². The lowest BCUT2D eigenvalue weighted by Gasteiger charge is -2.07. The standard InChI is InChI=1S/C19H12ClN3O2/c20-15-7-2-1-6-14(15)18(24)22-13-5-3-4-12(10-13)19-23-16-11-21-9-8-17(16)25-19/h1-11H,(H,22,24). The zero-order valence-electron chi connectivity index (χ0n) is 12.9. The van der Waals surface area contributed by atoms with Crippen molar-refractivity contribution in [3.63, 3.8) is 0 Å². The van der Waals surface area contributed by atoms with Gasteiger partial charge in [-0.3, -0.25) is 9.78 Å². The van der Waals surface area contributed by atoms with E-state index < -0.39 is 0 Å². The van der Waals surface area contributed by atoms with Crippen LogP contribution in [0.1, 0.15) is 10.4 Å². The van der Waals surface area contributed by atoms with E-state index in [1.165, 1.54) is 0 Å². The molecule has 2 aromatic heterocycles. The second-order valence-electron chi connectivity index (χ2n) is 5.38. The summed E-state index contributed by atoms with van der Waals surface area (Å²) in [4.78, 5) is 20.8. The summed E-state index contributed by atoms with van der Waals surface area (Å²) in [5, 5.41) is 3.24. The Morgan fingerprint density at radius 2 is 1.96 bits per heavy atom. The van der Waals surface area contributed by atoms with Crippen LogP contribution in [0.25, 0.3) is 22.6 Å². The largest absolute Gasteiger partial charge is 0.436 e. The summed E-state index contributed by atoms with van der Waals surface area (Å²) in [5.41, 5.74) is 3.15. The number of oxazole rings is 1. The van der Waals surface area contributed by atoms with E-state index in [2.05, 4.69) is 15.3 Å². The van der Waals surface area contributed by atoms with Crippen molar-refractivity contribution in [2.75, 3.05) is 5.32 Å². The molecular weight excluding hydrogens is 338 g/mol. The molecule has 0 saturated heterocycles. The Morgan fingerprint density at radius 1 is 1.08 bits per heavy atom. The Hall–Kier alpha value is -3.18. The molecule has 2 heterocycles. The molecule has 6 heteroatoms. The molecule has 0 fully saturated rings. The van der Waals surface area contributed by atoms with Crippen molar-refractivity contribution in [1.82, 2.24) is 9.97 Å². The Balaban J connectivity index is 1.63. The molecule has 0 aliphatic carbocycles. The summed E-state index contributed by atoms with van der Waals surface area (Å²) in [6, 6.07) is 15.9. The second-order valence-corrected chi connectivity index (χ2v) is 5.78. The molecule has 5 nitrogen and oxygen atoms in total. The van der Waals surface area contributed by atoms with Crippen molar-refractivity contribution in [2.24, 2.45) is 0 Å². The molecule has 0 saturated carbocycles. The molecule has 1 amide bonds. The first-order chi connectivity index (χ1) is 12.2. The van der Waals surface area contributed by atoms with Gasteiger partial charge in [-0.05, 0) is 30.3 Å². The fourth-order valence-electron chi connectivity index (χ4n) is 2.48. The lowest BCUT2D eigenvalue weighted by molar-refractivity contribution is 0.102. The number of benzene rings is 2. The molecule has 0 unspecified atom stereocenters. The number of aromatic nitrogens is 2. The molecule has 0 aliphatic rings. The third-order valence-electron chi connectivity index (χ3n) is 3.68. The van der Waals surface area contributed by atoms with Gasteiger partial charge in [-0.15, -0.1) is 0 Å². The number of halogens is 1. The first kappa shape index (κ1) is 15.4. The predicted octanol–water partition coefficient (Wildman–Crippen LogP) is 4.80. The van der Waals surface area contributed by atoms with Crippen LogP contribution in [0, 0.1) is 0 Å². The molecule has 4 aromatic rings. The van der Waals surface area contributed by atoms with Gasteiger partial charge in [0.05, 0.1) is 16.8 Å². The van der Waals surface area contributed by atoms with E-state index in [1.54, 1.807) is 54.9 Å². The van der Waals surface area contributed by atoms with Gasteiger partial charge in [-0.25, -0.2) is 4.98 Å². The third-order valence-corrected chi connectivity index (χ3v) is 4.01. The number of nitrogens with zero attached hydrogens (tertiary/aromatic N) is 2. The highest BCUT2D eigenvalue weighted by Crippen LogP contribution is 2.26. The summed E-state index contributed by atoms with van der Waals surface area (Å²) >= 11 is 6.07. The molecular formula is C19H12ClN3O2. The molecule has 0 atom stereocenters. The van der Waals surface area contributed by atoms with Gasteiger partial charge < -0.3 is 9.73 Å². The van der Waals surface area contributed by atoms with E-state index in [0.29, 0.717) is 33.3 Å². The monoisotopic (exact) mass is 349 g/mol. The van der Waals surface area contributed by atoms with Gasteiger partial charge in [0.15, 0.2) is 5.58 Å². The summed E-state index contributed by atoms with van der Waals surface area (Å²) in [7, 11) is 0. The lowest BCUT2D eigenvalue weighted by atomic mass is 10.1. The van der Waals surface area contributed by atoms with E-state index in [1.807, 2.05) is 12.1 Å². The summed E-state index contributed by atoms with van der Waals surface area (Å²) in [5.74, 6) is 0.196. The highest BCUT2D eigenvalue weighted by molar-refractivity contribution is 6.34. The minimum Gasteiger partial charge on any atom is -0.436 e. The number of pyridine rings is 1. The van der Waals surface area contributed by atoms with Crippen LogP contribution in [0.4, 0.5) is 5.69 Å². The van der Waals surface area contributed by atoms with Crippen LogP contribution < -0.4 is 5.32 Å². The molecule has 0 bridgehead atoms. The number of hydrogen-bond acceptors (Lipinski definition) is 4. The van der Waals surface area contributed by atoms with Crippen LogP contribution in [0.3, 0.4) is 0 Å². The highest BCUT2D eigenvalue weighted by atomic mass is 35.5. The number of carbonyl (C=O) groups excluding carboxylic acids is 1. The van der Waals surface area contributed by atoms with E-state index in [9.17, 15) is 4.79 Å². The maximum Gasteiger partial charge on any atom is 0.257 e. The normalized spacial score (nSPS) is 10.8. The van der Waals surface area contributed by atoms with Gasteiger partial charge >= 0.3 is 0 Å². The maximum atomic E-state index is 12.4. The zero-order valence-corrected chi connectivity index (χ0v) is 13.7. The van der Waals surface area contributed by atoms with Crippen LogP contribution >= 0.6 is 11.6 Å². The Labute approximate surface area is 148 Å². The van der Waals surface area contributed by atoms with Crippen molar-refractivity contribution in [3.8, 4) is 11.5 Å². The topological polar surface area (TPSA) is 68.0 Å². The molecule has 1 N–H and O–H groups in total. The number of nitrogens with one attached hydrogen (secondary N) is 1.